The van der Waals surface area contributed by atoms with Crippen LogP contribution in [0.5, 0.6) is 0 Å². The van der Waals surface area contributed by atoms with E-state index in [2.05, 4.69) is 38.0 Å². The summed E-state index contributed by atoms with van der Waals surface area (Å²) in [5.41, 5.74) is 0. The Morgan fingerprint density at radius 1 is 0.323 bits per heavy atom. The van der Waals surface area contributed by atoms with Crippen LogP contribution >= 0.6 is 7.92 Å². The van der Waals surface area contributed by atoms with Crippen molar-refractivity contribution >= 4 is 7.92 Å². The number of hydrogen-bond donors (Lipinski definition) is 0. The van der Waals surface area contributed by atoms with Crippen LogP contribution in [0.3, 0.4) is 0 Å². The molecule has 0 aliphatic carbocycles. The van der Waals surface area contributed by atoms with Crippen molar-refractivity contribution in [1.82, 2.24) is 0 Å². The molecule has 0 amide bonds. The Bertz CT molecular complexity index is 316. The fourth-order valence-corrected chi connectivity index (χ4v) is 7.01. The van der Waals surface area contributed by atoms with Gasteiger partial charge in [-0.15, -0.1) is 27.7 Å². The van der Waals surface area contributed by atoms with Crippen LogP contribution in [0.4, 0.5) is 0 Å². The lowest BCUT2D eigenvalue weighted by molar-refractivity contribution is 0.605. The Kier molecular flexibility index (Phi) is 27.4. The van der Waals surface area contributed by atoms with Gasteiger partial charge in [0.2, 0.25) is 0 Å². The molecule has 0 heterocycles. The summed E-state index contributed by atoms with van der Waals surface area (Å²) in [4.78, 5) is 0. The van der Waals surface area contributed by atoms with Gasteiger partial charge in [-0.1, -0.05) is 95.3 Å². The summed E-state index contributed by atoms with van der Waals surface area (Å²) < 4.78 is 0. The largest absolute Gasteiger partial charge is 0.107 e. The highest BCUT2D eigenvalue weighted by Gasteiger charge is 2.08. The van der Waals surface area contributed by atoms with Crippen LogP contribution in [-0.2, 0) is 0 Å². The first-order chi connectivity index (χ1) is 15.3. The van der Waals surface area contributed by atoms with Crippen molar-refractivity contribution in [1.29, 1.82) is 0 Å². The Labute approximate surface area is 199 Å². The molecule has 0 nitrogen and oxygen atoms in total. The normalized spacial score (nSPS) is 11.1. The van der Waals surface area contributed by atoms with Crippen LogP contribution in [0, 0.1) is 0 Å². The first-order valence-corrected chi connectivity index (χ1v) is 15.8. The Balaban J connectivity index is 3.86. The third-order valence-corrected chi connectivity index (χ3v) is 9.24. The van der Waals surface area contributed by atoms with Crippen molar-refractivity contribution in [3.8, 4) is 0 Å². The molecule has 182 valence electrons. The Morgan fingerprint density at radius 2 is 0.548 bits per heavy atom. The highest BCUT2D eigenvalue weighted by Crippen LogP contribution is 2.39. The molecule has 0 aromatic heterocycles. The standard InChI is InChI=1S/C30H57P/c1-4-7-10-13-16-19-22-25-28-31(29-26-23-20-17-14-11-8-5-2)30-27-24-21-18-15-12-9-6-3/h4-6H,1-3,7-30H2. The second-order valence-electron chi connectivity index (χ2n) is 9.44. The molecule has 0 atom stereocenters. The minimum atomic E-state index is 0.309. The molecule has 0 rings (SSSR count). The topological polar surface area (TPSA) is 0 Å². The third kappa shape index (κ3) is 25.8. The van der Waals surface area contributed by atoms with E-state index in [1.807, 2.05) is 0 Å². The zero-order valence-corrected chi connectivity index (χ0v) is 22.2. The second-order valence-corrected chi connectivity index (χ2v) is 12.1. The van der Waals surface area contributed by atoms with Crippen molar-refractivity contribution in [2.45, 2.75) is 135 Å². The quantitative estimate of drug-likeness (QED) is 0.0665. The summed E-state index contributed by atoms with van der Waals surface area (Å²) in [6, 6.07) is 0. The van der Waals surface area contributed by atoms with Crippen LogP contribution in [0.15, 0.2) is 38.0 Å². The molecule has 0 unspecified atom stereocenters. The van der Waals surface area contributed by atoms with E-state index < -0.39 is 0 Å². The molecule has 0 aromatic carbocycles. The maximum Gasteiger partial charge on any atom is -0.0326 e. The molecule has 31 heavy (non-hydrogen) atoms. The average molecular weight is 449 g/mol. The first-order valence-electron chi connectivity index (χ1n) is 13.9. The van der Waals surface area contributed by atoms with E-state index >= 15 is 0 Å². The minimum absolute atomic E-state index is 0.309. The van der Waals surface area contributed by atoms with E-state index in [0.717, 1.165) is 0 Å². The maximum atomic E-state index is 3.83. The molecule has 0 aliphatic heterocycles. The van der Waals surface area contributed by atoms with Gasteiger partial charge in [-0.05, 0) is 76.3 Å². The SMILES string of the molecule is C=CCCCCCCCCP(CCCCCCCCC=C)CCCCCCCCC=C. The molecule has 0 saturated heterocycles. The predicted molar refractivity (Wildman–Crippen MR) is 149 cm³/mol. The predicted octanol–water partition coefficient (Wildman–Crippen LogP) is 11.2. The Morgan fingerprint density at radius 3 is 0.806 bits per heavy atom. The van der Waals surface area contributed by atoms with Gasteiger partial charge in [0.15, 0.2) is 0 Å². The van der Waals surface area contributed by atoms with Crippen molar-refractivity contribution in [2.75, 3.05) is 18.5 Å². The van der Waals surface area contributed by atoms with Gasteiger partial charge in [0.25, 0.3) is 0 Å². The molecule has 0 N–H and O–H groups in total. The summed E-state index contributed by atoms with van der Waals surface area (Å²) >= 11 is 0. The van der Waals surface area contributed by atoms with Crippen LogP contribution in [-0.4, -0.2) is 18.5 Å². The van der Waals surface area contributed by atoms with Crippen LogP contribution < -0.4 is 0 Å². The summed E-state index contributed by atoms with van der Waals surface area (Å²) in [6.07, 6.45) is 40.3. The van der Waals surface area contributed by atoms with E-state index in [1.165, 1.54) is 135 Å². The number of allylic oxidation sites excluding steroid dienone is 3. The molecule has 0 bridgehead atoms. The van der Waals surface area contributed by atoms with E-state index in [4.69, 9.17) is 0 Å². The van der Waals surface area contributed by atoms with E-state index in [-0.39, 0.29) is 0 Å². The van der Waals surface area contributed by atoms with E-state index in [9.17, 15) is 0 Å². The summed E-state index contributed by atoms with van der Waals surface area (Å²) in [7, 11) is 0.309. The third-order valence-electron chi connectivity index (χ3n) is 6.40. The number of hydrogen-bond acceptors (Lipinski definition) is 0. The van der Waals surface area contributed by atoms with E-state index in [1.54, 1.807) is 18.5 Å². The lowest BCUT2D eigenvalue weighted by atomic mass is 10.1. The zero-order valence-electron chi connectivity index (χ0n) is 21.3. The molecule has 0 saturated carbocycles. The van der Waals surface area contributed by atoms with Gasteiger partial charge in [-0.3, -0.25) is 0 Å². The van der Waals surface area contributed by atoms with Gasteiger partial charge < -0.3 is 0 Å². The lowest BCUT2D eigenvalue weighted by Gasteiger charge is -2.18. The van der Waals surface area contributed by atoms with E-state index in [0.29, 0.717) is 7.92 Å². The van der Waals surface area contributed by atoms with Gasteiger partial charge in [-0.2, -0.15) is 0 Å². The van der Waals surface area contributed by atoms with Crippen molar-refractivity contribution in [3.05, 3.63) is 38.0 Å². The van der Waals surface area contributed by atoms with Gasteiger partial charge in [0.1, 0.15) is 0 Å². The summed E-state index contributed by atoms with van der Waals surface area (Å²) in [5.74, 6) is 0. The molecule has 0 aliphatic rings. The van der Waals surface area contributed by atoms with Gasteiger partial charge in [0, 0.05) is 0 Å². The minimum Gasteiger partial charge on any atom is -0.107 e. The number of rotatable bonds is 27. The van der Waals surface area contributed by atoms with Gasteiger partial charge in [-0.25, -0.2) is 0 Å². The molecule has 0 radical (unpaired) electrons. The van der Waals surface area contributed by atoms with Gasteiger partial charge in [0.05, 0.1) is 0 Å². The molecule has 0 aromatic rings. The smallest absolute Gasteiger partial charge is 0.0326 e. The number of unbranched alkanes of at least 4 members (excludes halogenated alkanes) is 18. The molecule has 0 spiro atoms. The van der Waals surface area contributed by atoms with Crippen molar-refractivity contribution in [3.63, 3.8) is 0 Å². The fraction of sp³-hybridized carbons (Fsp3) is 0.800. The molecule has 0 fully saturated rings. The van der Waals surface area contributed by atoms with Crippen LogP contribution in [0.1, 0.15) is 135 Å². The van der Waals surface area contributed by atoms with Crippen molar-refractivity contribution in [2.24, 2.45) is 0 Å². The first kappa shape index (κ1) is 30.6. The maximum absolute atomic E-state index is 3.83. The van der Waals surface area contributed by atoms with Crippen LogP contribution in [0.2, 0.25) is 0 Å². The monoisotopic (exact) mass is 448 g/mol. The second kappa shape index (κ2) is 27.7. The fourth-order valence-electron chi connectivity index (χ4n) is 4.33. The highest BCUT2D eigenvalue weighted by atomic mass is 31.1. The molecular formula is C30H57P. The van der Waals surface area contributed by atoms with Gasteiger partial charge >= 0.3 is 0 Å². The van der Waals surface area contributed by atoms with Crippen molar-refractivity contribution < 1.29 is 0 Å². The molecular weight excluding hydrogens is 391 g/mol. The zero-order chi connectivity index (χ0) is 22.7. The lowest BCUT2D eigenvalue weighted by Crippen LogP contribution is -1.97. The average Bonchev–Trinajstić information content (AvgIpc) is 2.78. The highest BCUT2D eigenvalue weighted by molar-refractivity contribution is 7.57. The summed E-state index contributed by atoms with van der Waals surface area (Å²) in [6.45, 7) is 11.5. The molecule has 1 heteroatoms. The Hall–Kier alpha value is -0.350. The summed E-state index contributed by atoms with van der Waals surface area (Å²) in [5, 5.41) is 0. The van der Waals surface area contributed by atoms with Crippen LogP contribution in [0.25, 0.3) is 0 Å².